The van der Waals surface area contributed by atoms with Gasteiger partial charge in [0.15, 0.2) is 0 Å². The highest BCUT2D eigenvalue weighted by Crippen LogP contribution is 2.21. The lowest BCUT2D eigenvalue weighted by molar-refractivity contribution is -0.384. The maximum Gasteiger partial charge on any atom is 0.271 e. The first-order valence-electron chi connectivity index (χ1n) is 9.54. The number of likely N-dealkylation sites (tertiary alicyclic amines) is 1. The van der Waals surface area contributed by atoms with Crippen molar-refractivity contribution >= 4 is 22.5 Å². The number of aryl methyl sites for hydroxylation is 1. The van der Waals surface area contributed by atoms with Crippen molar-refractivity contribution in [1.82, 2.24) is 20.0 Å². The van der Waals surface area contributed by atoms with E-state index >= 15 is 0 Å². The van der Waals surface area contributed by atoms with Crippen molar-refractivity contribution in [2.75, 3.05) is 19.6 Å². The molecule has 1 N–H and O–H groups in total. The number of hydrogen-bond acceptors (Lipinski definition) is 5. The normalized spacial score (nSPS) is 18.1. The lowest BCUT2D eigenvalue weighted by Crippen LogP contribution is -2.43. The molecular formula is C19H27N5O3. The molecular weight excluding hydrogens is 346 g/mol. The summed E-state index contributed by atoms with van der Waals surface area (Å²) in [5.41, 5.74) is 0.706. The Bertz CT molecular complexity index is 817. The van der Waals surface area contributed by atoms with E-state index in [1.54, 1.807) is 16.9 Å². The third kappa shape index (κ3) is 4.82. The number of piperidine rings is 1. The van der Waals surface area contributed by atoms with Crippen molar-refractivity contribution in [3.63, 3.8) is 0 Å². The number of benzene rings is 1. The van der Waals surface area contributed by atoms with Crippen LogP contribution in [0.15, 0.2) is 24.4 Å². The molecule has 0 bridgehead atoms. The third-order valence-electron chi connectivity index (χ3n) is 5.26. The number of nitro benzene ring substituents is 1. The Morgan fingerprint density at radius 2 is 2.26 bits per heavy atom. The highest BCUT2D eigenvalue weighted by molar-refractivity contribution is 5.81. The predicted octanol–water partition coefficient (Wildman–Crippen LogP) is 2.57. The second-order valence-electron chi connectivity index (χ2n) is 7.52. The molecule has 2 aromatic rings. The van der Waals surface area contributed by atoms with Crippen molar-refractivity contribution in [2.45, 2.75) is 45.7 Å². The van der Waals surface area contributed by atoms with E-state index in [-0.39, 0.29) is 11.6 Å². The van der Waals surface area contributed by atoms with E-state index in [4.69, 9.17) is 0 Å². The van der Waals surface area contributed by atoms with Gasteiger partial charge < -0.3 is 10.2 Å². The Morgan fingerprint density at radius 1 is 1.44 bits per heavy atom. The molecule has 0 unspecified atom stereocenters. The monoisotopic (exact) mass is 373 g/mol. The lowest BCUT2D eigenvalue weighted by atomic mass is 9.97. The van der Waals surface area contributed by atoms with Crippen LogP contribution < -0.4 is 5.32 Å². The second-order valence-corrected chi connectivity index (χ2v) is 7.52. The summed E-state index contributed by atoms with van der Waals surface area (Å²) in [6.45, 7) is 7.69. The molecule has 0 aliphatic carbocycles. The molecule has 1 atom stereocenters. The number of carbonyl (C=O) groups excluding carboxylic acids is 1. The van der Waals surface area contributed by atoms with E-state index in [1.807, 2.05) is 0 Å². The average molecular weight is 373 g/mol. The molecule has 1 saturated heterocycles. The molecule has 2 heterocycles. The summed E-state index contributed by atoms with van der Waals surface area (Å²) in [6, 6.07) is 5.19. The zero-order chi connectivity index (χ0) is 19.4. The fourth-order valence-electron chi connectivity index (χ4n) is 3.64. The zero-order valence-corrected chi connectivity index (χ0v) is 15.9. The highest BCUT2D eigenvalue weighted by atomic mass is 16.6. The number of aromatic nitrogens is 2. The minimum absolute atomic E-state index is 0.00856. The van der Waals surface area contributed by atoms with E-state index < -0.39 is 4.92 Å². The van der Waals surface area contributed by atoms with Gasteiger partial charge in [-0.25, -0.2) is 0 Å². The van der Waals surface area contributed by atoms with Crippen LogP contribution in [-0.4, -0.2) is 51.2 Å². The molecule has 1 fully saturated rings. The Morgan fingerprint density at radius 3 is 3.00 bits per heavy atom. The summed E-state index contributed by atoms with van der Waals surface area (Å²) in [5.74, 6) is 0.490. The van der Waals surface area contributed by atoms with Crippen LogP contribution in [0.3, 0.4) is 0 Å². The quantitative estimate of drug-likeness (QED) is 0.595. The molecule has 0 spiro atoms. The van der Waals surface area contributed by atoms with E-state index in [0.717, 1.165) is 24.9 Å². The van der Waals surface area contributed by atoms with Crippen molar-refractivity contribution in [1.29, 1.82) is 0 Å². The minimum Gasteiger partial charge on any atom is -0.356 e. The van der Waals surface area contributed by atoms with Crippen LogP contribution in [0.4, 0.5) is 5.69 Å². The van der Waals surface area contributed by atoms with Gasteiger partial charge in [-0.1, -0.05) is 0 Å². The SMILES string of the molecule is CC(C)N1CCC[C@@H](CNC(=O)CCn2ncc3ccc([N+](=O)[O-])cc32)C1. The summed E-state index contributed by atoms with van der Waals surface area (Å²) >= 11 is 0. The maximum absolute atomic E-state index is 12.2. The van der Waals surface area contributed by atoms with Gasteiger partial charge in [-0.2, -0.15) is 5.10 Å². The Labute approximate surface area is 158 Å². The first-order valence-corrected chi connectivity index (χ1v) is 9.54. The largest absolute Gasteiger partial charge is 0.356 e. The molecule has 1 aromatic carbocycles. The second kappa shape index (κ2) is 8.47. The smallest absolute Gasteiger partial charge is 0.271 e. The molecule has 0 saturated carbocycles. The van der Waals surface area contributed by atoms with Crippen molar-refractivity contribution in [3.8, 4) is 0 Å². The number of carbonyl (C=O) groups is 1. The third-order valence-corrected chi connectivity index (χ3v) is 5.26. The van der Waals surface area contributed by atoms with Crippen LogP contribution in [0.25, 0.3) is 10.9 Å². The van der Waals surface area contributed by atoms with Gasteiger partial charge in [0.05, 0.1) is 23.2 Å². The first kappa shape index (κ1) is 19.3. The number of fused-ring (bicyclic) bond motifs is 1. The summed E-state index contributed by atoms with van der Waals surface area (Å²) in [7, 11) is 0. The molecule has 1 aliphatic heterocycles. The van der Waals surface area contributed by atoms with Crippen LogP contribution in [0, 0.1) is 16.0 Å². The molecule has 1 amide bonds. The summed E-state index contributed by atoms with van der Waals surface area (Å²) in [5, 5.41) is 19.1. The van der Waals surface area contributed by atoms with Gasteiger partial charge in [0, 0.05) is 43.1 Å². The predicted molar refractivity (Wildman–Crippen MR) is 103 cm³/mol. The minimum atomic E-state index is -0.423. The molecule has 146 valence electrons. The van der Waals surface area contributed by atoms with Crippen molar-refractivity contribution in [3.05, 3.63) is 34.5 Å². The van der Waals surface area contributed by atoms with Crippen molar-refractivity contribution < 1.29 is 9.72 Å². The molecule has 1 aromatic heterocycles. The average Bonchev–Trinajstić information content (AvgIpc) is 3.07. The Kier molecular flexibility index (Phi) is 6.05. The van der Waals surface area contributed by atoms with Crippen LogP contribution in [0.5, 0.6) is 0 Å². The fourth-order valence-corrected chi connectivity index (χ4v) is 3.64. The first-order chi connectivity index (χ1) is 12.9. The van der Waals surface area contributed by atoms with Crippen molar-refractivity contribution in [2.24, 2.45) is 5.92 Å². The zero-order valence-electron chi connectivity index (χ0n) is 15.9. The summed E-state index contributed by atoms with van der Waals surface area (Å²) < 4.78 is 1.66. The molecule has 3 rings (SSSR count). The summed E-state index contributed by atoms with van der Waals surface area (Å²) in [6.07, 6.45) is 4.30. The fraction of sp³-hybridized carbons (Fsp3) is 0.579. The van der Waals surface area contributed by atoms with Gasteiger partial charge in [0.25, 0.3) is 5.69 Å². The number of amides is 1. The van der Waals surface area contributed by atoms with Crippen LogP contribution in [0.1, 0.15) is 33.1 Å². The molecule has 27 heavy (non-hydrogen) atoms. The van der Waals surface area contributed by atoms with Crippen LogP contribution in [0.2, 0.25) is 0 Å². The topological polar surface area (TPSA) is 93.3 Å². The molecule has 8 heteroatoms. The lowest BCUT2D eigenvalue weighted by Gasteiger charge is -2.35. The van der Waals surface area contributed by atoms with Gasteiger partial charge in [0.1, 0.15) is 0 Å². The number of non-ortho nitro benzene ring substituents is 1. The van der Waals surface area contributed by atoms with Gasteiger partial charge in [0.2, 0.25) is 5.91 Å². The molecule has 8 nitrogen and oxygen atoms in total. The van der Waals surface area contributed by atoms with Crippen LogP contribution in [-0.2, 0) is 11.3 Å². The van der Waals surface area contributed by atoms with Gasteiger partial charge >= 0.3 is 0 Å². The number of rotatable bonds is 7. The molecule has 0 radical (unpaired) electrons. The highest BCUT2D eigenvalue weighted by Gasteiger charge is 2.22. The number of hydrogen-bond donors (Lipinski definition) is 1. The number of nitrogens with one attached hydrogen (secondary N) is 1. The maximum atomic E-state index is 12.2. The van der Waals surface area contributed by atoms with Gasteiger partial charge in [-0.15, -0.1) is 0 Å². The van der Waals surface area contributed by atoms with E-state index in [2.05, 4.69) is 29.2 Å². The van der Waals surface area contributed by atoms with E-state index in [1.165, 1.54) is 18.6 Å². The van der Waals surface area contributed by atoms with Gasteiger partial charge in [-0.05, 0) is 45.2 Å². The standard InChI is InChI=1S/C19H27N5O3/c1-14(2)22-8-3-4-15(13-22)11-20-19(25)7-9-23-18-10-17(24(26)27)6-5-16(18)12-21-23/h5-6,10,12,14-15H,3-4,7-9,11,13H2,1-2H3,(H,20,25)/t15-/m0/s1. The Hall–Kier alpha value is -2.48. The van der Waals surface area contributed by atoms with Gasteiger partial charge in [-0.3, -0.25) is 19.6 Å². The van der Waals surface area contributed by atoms with Crippen LogP contribution >= 0.6 is 0 Å². The number of nitrogens with zero attached hydrogens (tertiary/aromatic N) is 4. The Balaban J connectivity index is 1.51. The summed E-state index contributed by atoms with van der Waals surface area (Å²) in [4.78, 5) is 25.2. The molecule has 1 aliphatic rings. The van der Waals surface area contributed by atoms with E-state index in [9.17, 15) is 14.9 Å². The number of nitro groups is 1. The van der Waals surface area contributed by atoms with E-state index in [0.29, 0.717) is 37.0 Å².